The van der Waals surface area contributed by atoms with E-state index in [1.165, 1.54) is 0 Å². The fourth-order valence-corrected chi connectivity index (χ4v) is 1.63. The fourth-order valence-electron chi connectivity index (χ4n) is 1.22. The van der Waals surface area contributed by atoms with Gasteiger partial charge in [-0.25, -0.2) is 0 Å². The molecular weight excluding hydrogens is 238 g/mol. The number of hydrogen-bond donors (Lipinski definition) is 1. The van der Waals surface area contributed by atoms with Gasteiger partial charge in [-0.15, -0.1) is 11.8 Å². The van der Waals surface area contributed by atoms with E-state index in [2.05, 4.69) is 10.1 Å². The van der Waals surface area contributed by atoms with Crippen molar-refractivity contribution in [2.75, 3.05) is 18.2 Å². The minimum Gasteiger partial charge on any atom is -0.466 e. The summed E-state index contributed by atoms with van der Waals surface area (Å²) in [5.74, 6) is -0.869. The van der Waals surface area contributed by atoms with Gasteiger partial charge >= 0.3 is 5.97 Å². The van der Waals surface area contributed by atoms with E-state index in [9.17, 15) is 9.59 Å². The van der Waals surface area contributed by atoms with Gasteiger partial charge in [0, 0.05) is 10.6 Å². The monoisotopic (exact) mass is 253 g/mol. The van der Waals surface area contributed by atoms with Gasteiger partial charge in [-0.05, 0) is 37.4 Å². The van der Waals surface area contributed by atoms with Gasteiger partial charge < -0.3 is 10.1 Å². The fraction of sp³-hybridized carbons (Fsp3) is 0.333. The lowest BCUT2D eigenvalue weighted by molar-refractivity contribution is -0.145. The summed E-state index contributed by atoms with van der Waals surface area (Å²) < 4.78 is 4.68. The van der Waals surface area contributed by atoms with Gasteiger partial charge in [0.25, 0.3) is 0 Å². The number of benzene rings is 1. The molecule has 1 aromatic rings. The Morgan fingerprint density at radius 2 is 1.94 bits per heavy atom. The van der Waals surface area contributed by atoms with E-state index in [0.717, 1.165) is 4.90 Å². The van der Waals surface area contributed by atoms with Crippen LogP contribution in [0.4, 0.5) is 5.69 Å². The van der Waals surface area contributed by atoms with Crippen molar-refractivity contribution in [1.82, 2.24) is 0 Å². The molecule has 0 aromatic heterocycles. The van der Waals surface area contributed by atoms with Gasteiger partial charge in [-0.1, -0.05) is 0 Å². The van der Waals surface area contributed by atoms with Crippen LogP contribution in [0.2, 0.25) is 0 Å². The summed E-state index contributed by atoms with van der Waals surface area (Å²) in [6.07, 6.45) is 1.73. The van der Waals surface area contributed by atoms with E-state index in [-0.39, 0.29) is 18.9 Å². The predicted molar refractivity (Wildman–Crippen MR) is 68.1 cm³/mol. The van der Waals surface area contributed by atoms with E-state index in [1.807, 2.05) is 18.4 Å². The average molecular weight is 253 g/mol. The lowest BCUT2D eigenvalue weighted by Crippen LogP contribution is -2.18. The molecule has 92 valence electrons. The highest BCUT2D eigenvalue weighted by molar-refractivity contribution is 7.98. The molecule has 1 rings (SSSR count). The highest BCUT2D eigenvalue weighted by atomic mass is 32.2. The van der Waals surface area contributed by atoms with Crippen molar-refractivity contribution in [3.8, 4) is 0 Å². The lowest BCUT2D eigenvalue weighted by Gasteiger charge is -2.05. The standard InChI is InChI=1S/C12H15NO3S/c1-3-16-12(15)8-11(14)13-9-4-6-10(17-2)7-5-9/h4-7H,3,8H2,1-2H3,(H,13,14). The summed E-state index contributed by atoms with van der Waals surface area (Å²) >= 11 is 1.63. The number of thioether (sulfide) groups is 1. The molecule has 5 heteroatoms. The highest BCUT2D eigenvalue weighted by Crippen LogP contribution is 2.17. The van der Waals surface area contributed by atoms with Crippen LogP contribution in [0.1, 0.15) is 13.3 Å². The Labute approximate surface area is 105 Å². The van der Waals surface area contributed by atoms with Crippen LogP contribution in [-0.4, -0.2) is 24.7 Å². The number of nitrogens with one attached hydrogen (secondary N) is 1. The average Bonchev–Trinajstić information content (AvgIpc) is 2.30. The van der Waals surface area contributed by atoms with Crippen LogP contribution >= 0.6 is 11.8 Å². The molecule has 0 aliphatic rings. The van der Waals surface area contributed by atoms with E-state index < -0.39 is 5.97 Å². The first-order valence-corrected chi connectivity index (χ1v) is 6.47. The Kier molecular flexibility index (Phi) is 5.56. The molecule has 0 bridgehead atoms. The molecule has 0 saturated heterocycles. The Morgan fingerprint density at radius 3 is 2.47 bits per heavy atom. The third-order valence-corrected chi connectivity index (χ3v) is 2.73. The van der Waals surface area contributed by atoms with Crippen LogP contribution in [0, 0.1) is 0 Å². The highest BCUT2D eigenvalue weighted by Gasteiger charge is 2.09. The number of carbonyl (C=O) groups is 2. The van der Waals surface area contributed by atoms with Gasteiger partial charge in [-0.2, -0.15) is 0 Å². The summed E-state index contributed by atoms with van der Waals surface area (Å²) in [6, 6.07) is 7.42. The second-order valence-corrected chi connectivity index (χ2v) is 4.14. The Hall–Kier alpha value is -1.49. The van der Waals surface area contributed by atoms with E-state index in [0.29, 0.717) is 5.69 Å². The molecule has 0 unspecified atom stereocenters. The SMILES string of the molecule is CCOC(=O)CC(=O)Nc1ccc(SC)cc1. The van der Waals surface area contributed by atoms with E-state index in [1.54, 1.807) is 30.8 Å². The molecule has 4 nitrogen and oxygen atoms in total. The Balaban J connectivity index is 2.47. The second kappa shape index (κ2) is 6.96. The zero-order chi connectivity index (χ0) is 12.7. The number of hydrogen-bond acceptors (Lipinski definition) is 4. The van der Waals surface area contributed by atoms with E-state index >= 15 is 0 Å². The van der Waals surface area contributed by atoms with Crippen LogP contribution in [0.5, 0.6) is 0 Å². The quantitative estimate of drug-likeness (QED) is 0.497. The molecule has 0 spiro atoms. The minimum absolute atomic E-state index is 0.252. The number of esters is 1. The summed E-state index contributed by atoms with van der Waals surface area (Å²) in [5.41, 5.74) is 0.678. The topological polar surface area (TPSA) is 55.4 Å². The predicted octanol–water partition coefficient (Wildman–Crippen LogP) is 2.30. The van der Waals surface area contributed by atoms with Crippen LogP contribution in [0.3, 0.4) is 0 Å². The first kappa shape index (κ1) is 13.6. The first-order chi connectivity index (χ1) is 8.15. The molecule has 0 aliphatic carbocycles. The molecule has 17 heavy (non-hydrogen) atoms. The smallest absolute Gasteiger partial charge is 0.315 e. The van der Waals surface area contributed by atoms with Crippen molar-refractivity contribution in [3.63, 3.8) is 0 Å². The number of ether oxygens (including phenoxy) is 1. The van der Waals surface area contributed by atoms with Gasteiger partial charge in [0.15, 0.2) is 0 Å². The molecule has 0 fully saturated rings. The van der Waals surface area contributed by atoms with Crippen LogP contribution < -0.4 is 5.32 Å². The van der Waals surface area contributed by atoms with Crippen molar-refractivity contribution in [1.29, 1.82) is 0 Å². The molecule has 1 amide bonds. The third kappa shape index (κ3) is 4.91. The van der Waals surface area contributed by atoms with E-state index in [4.69, 9.17) is 0 Å². The van der Waals surface area contributed by atoms with Crippen LogP contribution in [0.25, 0.3) is 0 Å². The largest absolute Gasteiger partial charge is 0.466 e. The maximum atomic E-state index is 11.4. The summed E-state index contributed by atoms with van der Waals surface area (Å²) in [7, 11) is 0. The van der Waals surface area contributed by atoms with Gasteiger partial charge in [0.05, 0.1) is 6.61 Å². The number of amides is 1. The van der Waals surface area contributed by atoms with Crippen molar-refractivity contribution in [2.45, 2.75) is 18.2 Å². The van der Waals surface area contributed by atoms with Crippen molar-refractivity contribution >= 4 is 29.3 Å². The third-order valence-electron chi connectivity index (χ3n) is 1.98. The molecule has 0 heterocycles. The van der Waals surface area contributed by atoms with Crippen LogP contribution in [-0.2, 0) is 14.3 Å². The molecule has 0 radical (unpaired) electrons. The van der Waals surface area contributed by atoms with Gasteiger partial charge in [0.1, 0.15) is 6.42 Å². The lowest BCUT2D eigenvalue weighted by atomic mass is 10.3. The zero-order valence-corrected chi connectivity index (χ0v) is 10.7. The van der Waals surface area contributed by atoms with Crippen LogP contribution in [0.15, 0.2) is 29.2 Å². The normalized spacial score (nSPS) is 9.76. The zero-order valence-electron chi connectivity index (χ0n) is 9.86. The van der Waals surface area contributed by atoms with Crippen molar-refractivity contribution in [2.24, 2.45) is 0 Å². The van der Waals surface area contributed by atoms with Crippen molar-refractivity contribution < 1.29 is 14.3 Å². The van der Waals surface area contributed by atoms with Gasteiger partial charge in [-0.3, -0.25) is 9.59 Å². The number of rotatable bonds is 5. The Bertz CT molecular complexity index is 389. The number of anilines is 1. The number of carbonyl (C=O) groups excluding carboxylic acids is 2. The van der Waals surface area contributed by atoms with Crippen molar-refractivity contribution in [3.05, 3.63) is 24.3 Å². The second-order valence-electron chi connectivity index (χ2n) is 3.26. The summed E-state index contributed by atoms with van der Waals surface area (Å²) in [4.78, 5) is 23.6. The first-order valence-electron chi connectivity index (χ1n) is 5.25. The summed E-state index contributed by atoms with van der Waals surface area (Å²) in [5, 5.41) is 2.63. The minimum atomic E-state index is -0.509. The maximum absolute atomic E-state index is 11.4. The van der Waals surface area contributed by atoms with Gasteiger partial charge in [0.2, 0.25) is 5.91 Å². The maximum Gasteiger partial charge on any atom is 0.315 e. The molecule has 1 aromatic carbocycles. The molecule has 0 saturated carbocycles. The Morgan fingerprint density at radius 1 is 1.29 bits per heavy atom. The molecule has 0 atom stereocenters. The molecular formula is C12H15NO3S. The molecule has 1 N–H and O–H groups in total. The summed E-state index contributed by atoms with van der Waals surface area (Å²) in [6.45, 7) is 1.99. The molecule has 0 aliphatic heterocycles.